The zero-order valence-corrected chi connectivity index (χ0v) is 10.8. The van der Waals surface area contributed by atoms with Gasteiger partial charge in [-0.15, -0.1) is 0 Å². The first-order valence-electron chi connectivity index (χ1n) is 6.23. The van der Waals surface area contributed by atoms with E-state index in [4.69, 9.17) is 10.5 Å². The van der Waals surface area contributed by atoms with Gasteiger partial charge < -0.3 is 15.8 Å². The van der Waals surface area contributed by atoms with Crippen molar-refractivity contribution < 1.29 is 9.53 Å². The lowest BCUT2D eigenvalue weighted by Crippen LogP contribution is -2.37. The van der Waals surface area contributed by atoms with E-state index in [1.165, 1.54) is 0 Å². The quantitative estimate of drug-likeness (QED) is 0.812. The molecule has 0 aliphatic heterocycles. The molecule has 98 valence electrons. The van der Waals surface area contributed by atoms with Gasteiger partial charge in [-0.25, -0.2) is 0 Å². The maximum Gasteiger partial charge on any atom is 0.260 e. The summed E-state index contributed by atoms with van der Waals surface area (Å²) < 4.78 is 5.63. The molecule has 1 fully saturated rings. The summed E-state index contributed by atoms with van der Waals surface area (Å²) in [5.74, 6) is 0.502. The smallest absolute Gasteiger partial charge is 0.260 e. The standard InChI is InChI=1S/C13H19N3O2/c1-8-3-6-12(11(7-14)15-8)18-9(2)13(17)16-10-4-5-10/h3,6,9-10H,4-5,7,14H2,1-2H3,(H,16,17). The van der Waals surface area contributed by atoms with Gasteiger partial charge in [0.05, 0.1) is 5.69 Å². The minimum absolute atomic E-state index is 0.0824. The molecule has 0 saturated heterocycles. The van der Waals surface area contributed by atoms with Crippen LogP contribution >= 0.6 is 0 Å². The summed E-state index contributed by atoms with van der Waals surface area (Å²) in [6.07, 6.45) is 1.61. The highest BCUT2D eigenvalue weighted by molar-refractivity contribution is 5.81. The number of rotatable bonds is 5. The van der Waals surface area contributed by atoms with E-state index in [2.05, 4.69) is 10.3 Å². The predicted octanol–water partition coefficient (Wildman–Crippen LogP) is 0.895. The molecule has 1 aliphatic carbocycles. The third-order valence-corrected chi connectivity index (χ3v) is 2.86. The molecule has 1 aliphatic rings. The number of carbonyl (C=O) groups is 1. The highest BCUT2D eigenvalue weighted by Crippen LogP contribution is 2.20. The number of aromatic nitrogens is 1. The summed E-state index contributed by atoms with van der Waals surface area (Å²) in [4.78, 5) is 16.1. The Hall–Kier alpha value is -1.62. The Morgan fingerprint density at radius 1 is 1.61 bits per heavy atom. The van der Waals surface area contributed by atoms with Crippen LogP contribution in [0.25, 0.3) is 0 Å². The Labute approximate surface area is 107 Å². The second-order valence-electron chi connectivity index (χ2n) is 4.64. The molecule has 1 aromatic rings. The fraction of sp³-hybridized carbons (Fsp3) is 0.538. The summed E-state index contributed by atoms with van der Waals surface area (Å²) in [5.41, 5.74) is 7.19. The van der Waals surface area contributed by atoms with Gasteiger partial charge in [-0.1, -0.05) is 0 Å². The molecular weight excluding hydrogens is 230 g/mol. The van der Waals surface area contributed by atoms with Crippen molar-refractivity contribution in [2.45, 2.75) is 45.4 Å². The van der Waals surface area contributed by atoms with Crippen molar-refractivity contribution in [3.8, 4) is 5.75 Å². The Morgan fingerprint density at radius 2 is 2.33 bits per heavy atom. The second kappa shape index (κ2) is 5.35. The lowest BCUT2D eigenvalue weighted by atomic mass is 10.2. The molecule has 18 heavy (non-hydrogen) atoms. The molecule has 0 radical (unpaired) electrons. The first-order chi connectivity index (χ1) is 8.60. The van der Waals surface area contributed by atoms with Crippen molar-refractivity contribution >= 4 is 5.91 Å². The normalized spacial score (nSPS) is 16.2. The highest BCUT2D eigenvalue weighted by atomic mass is 16.5. The van der Waals surface area contributed by atoms with Crippen LogP contribution in [0.4, 0.5) is 0 Å². The minimum Gasteiger partial charge on any atom is -0.479 e. The average Bonchev–Trinajstić information content (AvgIpc) is 3.15. The van der Waals surface area contributed by atoms with E-state index in [0.29, 0.717) is 24.0 Å². The number of nitrogens with zero attached hydrogens (tertiary/aromatic N) is 1. The number of hydrogen-bond donors (Lipinski definition) is 2. The van der Waals surface area contributed by atoms with Crippen LogP contribution in [-0.4, -0.2) is 23.0 Å². The van der Waals surface area contributed by atoms with Crippen molar-refractivity contribution in [3.63, 3.8) is 0 Å². The molecule has 1 heterocycles. The van der Waals surface area contributed by atoms with E-state index in [0.717, 1.165) is 18.5 Å². The third-order valence-electron chi connectivity index (χ3n) is 2.86. The molecule has 3 N–H and O–H groups in total. The van der Waals surface area contributed by atoms with Crippen LogP contribution in [0.2, 0.25) is 0 Å². The Kier molecular flexibility index (Phi) is 3.81. The number of nitrogens with one attached hydrogen (secondary N) is 1. The Balaban J connectivity index is 2.00. The molecule has 2 rings (SSSR count). The van der Waals surface area contributed by atoms with Gasteiger partial charge in [0.1, 0.15) is 5.75 Å². The summed E-state index contributed by atoms with van der Waals surface area (Å²) in [7, 11) is 0. The van der Waals surface area contributed by atoms with Gasteiger partial charge in [0.25, 0.3) is 5.91 Å². The number of amides is 1. The Morgan fingerprint density at radius 3 is 2.94 bits per heavy atom. The van der Waals surface area contributed by atoms with Crippen molar-refractivity contribution in [3.05, 3.63) is 23.5 Å². The third kappa shape index (κ3) is 3.20. The Bertz CT molecular complexity index is 444. The van der Waals surface area contributed by atoms with Gasteiger partial charge in [-0.3, -0.25) is 9.78 Å². The van der Waals surface area contributed by atoms with E-state index in [1.807, 2.05) is 19.1 Å². The maximum absolute atomic E-state index is 11.8. The van der Waals surface area contributed by atoms with Gasteiger partial charge in [-0.2, -0.15) is 0 Å². The molecule has 0 aromatic carbocycles. The number of nitrogens with two attached hydrogens (primary N) is 1. The average molecular weight is 249 g/mol. The van der Waals surface area contributed by atoms with E-state index < -0.39 is 6.10 Å². The second-order valence-corrected chi connectivity index (χ2v) is 4.64. The van der Waals surface area contributed by atoms with Crippen LogP contribution < -0.4 is 15.8 Å². The van der Waals surface area contributed by atoms with E-state index in [1.54, 1.807) is 6.92 Å². The molecule has 1 unspecified atom stereocenters. The zero-order valence-electron chi connectivity index (χ0n) is 10.8. The van der Waals surface area contributed by atoms with Crippen molar-refractivity contribution in [2.24, 2.45) is 5.73 Å². The number of carbonyl (C=O) groups excluding carboxylic acids is 1. The van der Waals surface area contributed by atoms with Crippen LogP contribution in [-0.2, 0) is 11.3 Å². The van der Waals surface area contributed by atoms with Crippen molar-refractivity contribution in [2.75, 3.05) is 0 Å². The minimum atomic E-state index is -0.527. The zero-order chi connectivity index (χ0) is 13.1. The number of pyridine rings is 1. The molecule has 1 amide bonds. The molecule has 0 spiro atoms. The molecular formula is C13H19N3O2. The number of aryl methyl sites for hydroxylation is 1. The summed E-state index contributed by atoms with van der Waals surface area (Å²) in [5, 5.41) is 2.91. The first-order valence-corrected chi connectivity index (χ1v) is 6.23. The van der Waals surface area contributed by atoms with Gasteiger partial charge in [0, 0.05) is 18.3 Å². The molecule has 5 heteroatoms. The molecule has 0 bridgehead atoms. The predicted molar refractivity (Wildman–Crippen MR) is 68.1 cm³/mol. The van der Waals surface area contributed by atoms with Crippen LogP contribution in [0.15, 0.2) is 12.1 Å². The summed E-state index contributed by atoms with van der Waals surface area (Å²) in [6, 6.07) is 4.00. The van der Waals surface area contributed by atoms with E-state index >= 15 is 0 Å². The summed E-state index contributed by atoms with van der Waals surface area (Å²) >= 11 is 0. The van der Waals surface area contributed by atoms with Crippen molar-refractivity contribution in [1.29, 1.82) is 0 Å². The lowest BCUT2D eigenvalue weighted by molar-refractivity contribution is -0.127. The lowest BCUT2D eigenvalue weighted by Gasteiger charge is -2.16. The monoisotopic (exact) mass is 249 g/mol. The molecule has 1 saturated carbocycles. The van der Waals surface area contributed by atoms with Crippen LogP contribution in [0.1, 0.15) is 31.2 Å². The topological polar surface area (TPSA) is 77.2 Å². The SMILES string of the molecule is Cc1ccc(OC(C)C(=O)NC2CC2)c(CN)n1. The van der Waals surface area contributed by atoms with Gasteiger partial charge in [-0.05, 0) is 38.8 Å². The fourth-order valence-corrected chi connectivity index (χ4v) is 1.64. The van der Waals surface area contributed by atoms with Gasteiger partial charge in [0.15, 0.2) is 6.10 Å². The van der Waals surface area contributed by atoms with E-state index in [9.17, 15) is 4.79 Å². The van der Waals surface area contributed by atoms with Crippen LogP contribution in [0.3, 0.4) is 0 Å². The van der Waals surface area contributed by atoms with Gasteiger partial charge in [0.2, 0.25) is 0 Å². The number of hydrogen-bond acceptors (Lipinski definition) is 4. The van der Waals surface area contributed by atoms with Crippen LogP contribution in [0.5, 0.6) is 5.75 Å². The maximum atomic E-state index is 11.8. The number of ether oxygens (including phenoxy) is 1. The first kappa shape index (κ1) is 12.8. The molecule has 1 aromatic heterocycles. The fourth-order valence-electron chi connectivity index (χ4n) is 1.64. The molecule has 5 nitrogen and oxygen atoms in total. The van der Waals surface area contributed by atoms with Crippen LogP contribution in [0, 0.1) is 6.92 Å². The molecule has 1 atom stereocenters. The van der Waals surface area contributed by atoms with E-state index in [-0.39, 0.29) is 5.91 Å². The van der Waals surface area contributed by atoms with Crippen molar-refractivity contribution in [1.82, 2.24) is 10.3 Å². The largest absolute Gasteiger partial charge is 0.479 e. The van der Waals surface area contributed by atoms with Gasteiger partial charge >= 0.3 is 0 Å². The summed E-state index contributed by atoms with van der Waals surface area (Å²) in [6.45, 7) is 3.93. The highest BCUT2D eigenvalue weighted by Gasteiger charge is 2.26.